The Hall–Kier alpha value is -5.11. The molecule has 0 atom stereocenters. The number of rotatable bonds is 11. The number of sulfonamides is 1. The van der Waals surface area contributed by atoms with Crippen LogP contribution in [0.2, 0.25) is 5.02 Å². The number of carbonyl (C=O) groups excluding carboxylic acids is 1. The molecule has 0 spiro atoms. The number of hydrogen-bond acceptors (Lipinski definition) is 8. The van der Waals surface area contributed by atoms with E-state index >= 15 is 0 Å². The predicted molar refractivity (Wildman–Crippen MR) is 210 cm³/mol. The Kier molecular flexibility index (Phi) is 11.1. The molecule has 6 aromatic rings. The van der Waals surface area contributed by atoms with Crippen LogP contribution in [0.5, 0.6) is 17.2 Å². The smallest absolute Gasteiger partial charge is 0.355 e. The summed E-state index contributed by atoms with van der Waals surface area (Å²) in [5, 5.41) is 10.5. The molecule has 4 aromatic carbocycles. The summed E-state index contributed by atoms with van der Waals surface area (Å²) in [5.41, 5.74) is 4.96. The minimum atomic E-state index is -3.88. The topological polar surface area (TPSA) is 125 Å². The highest BCUT2D eigenvalue weighted by Gasteiger charge is 2.32. The molecule has 0 amide bonds. The summed E-state index contributed by atoms with van der Waals surface area (Å²) < 4.78 is 68.5. The molecule has 1 aliphatic rings. The Morgan fingerprint density at radius 1 is 1.00 bits per heavy atom. The fourth-order valence-corrected chi connectivity index (χ4v) is 9.13. The van der Waals surface area contributed by atoms with E-state index < -0.39 is 16.0 Å². The number of fused-ring (bicyclic) bond motifs is 3. The third kappa shape index (κ3) is 7.48. The van der Waals surface area contributed by atoms with Crippen molar-refractivity contribution in [3.8, 4) is 28.4 Å². The number of ether oxygens (including phenoxy) is 4. The molecule has 0 bridgehead atoms. The van der Waals surface area contributed by atoms with Crippen LogP contribution in [0.25, 0.3) is 32.8 Å². The maximum atomic E-state index is 14.2. The quantitative estimate of drug-likeness (QED) is 0.103. The standard InChI is InChI=1S/C41H42ClFN4O7S/c1-5-53-41(48)40-31(10-7-19-54-35-11-6-9-26-21-28(43)13-15-30(26)35)32-16-17-33(42)38-37-25(2)44-45-34(37)24-46(55(49,50)20-8-18-47(40)39(32)38)23-27-12-14-29(51-3)22-36(27)52-4/h6,9,11-17,21-22H,5,7-8,10,18-20,23-24H2,1-4H3,(H,44,45). The van der Waals surface area contributed by atoms with Gasteiger partial charge in [0.05, 0.1) is 56.0 Å². The number of hydrogen-bond donors (Lipinski definition) is 1. The molecule has 1 aliphatic heterocycles. The summed E-state index contributed by atoms with van der Waals surface area (Å²) in [7, 11) is -0.799. The zero-order chi connectivity index (χ0) is 38.9. The van der Waals surface area contributed by atoms with Gasteiger partial charge >= 0.3 is 5.97 Å². The van der Waals surface area contributed by atoms with E-state index in [-0.39, 0.29) is 44.2 Å². The van der Waals surface area contributed by atoms with Crippen molar-refractivity contribution in [2.45, 2.75) is 52.7 Å². The van der Waals surface area contributed by atoms with Crippen molar-refractivity contribution in [2.75, 3.05) is 33.2 Å². The Bertz CT molecular complexity index is 2520. The van der Waals surface area contributed by atoms with Crippen LogP contribution in [0.15, 0.2) is 66.7 Å². The minimum absolute atomic E-state index is 0.0288. The third-order valence-electron chi connectivity index (χ3n) is 9.99. The van der Waals surface area contributed by atoms with Gasteiger partial charge in [-0.1, -0.05) is 35.9 Å². The van der Waals surface area contributed by atoms with Gasteiger partial charge < -0.3 is 23.5 Å². The minimum Gasteiger partial charge on any atom is -0.497 e. The van der Waals surface area contributed by atoms with Crippen LogP contribution < -0.4 is 14.2 Å². The summed E-state index contributed by atoms with van der Waals surface area (Å²) in [4.78, 5) is 13.9. The summed E-state index contributed by atoms with van der Waals surface area (Å²) in [6.07, 6.45) is 1.19. The molecule has 11 nitrogen and oxygen atoms in total. The molecule has 7 rings (SSSR count). The van der Waals surface area contributed by atoms with E-state index in [0.717, 1.165) is 21.7 Å². The van der Waals surface area contributed by atoms with Gasteiger partial charge in [-0.2, -0.15) is 9.40 Å². The van der Waals surface area contributed by atoms with E-state index in [1.165, 1.54) is 23.5 Å². The first-order valence-corrected chi connectivity index (χ1v) is 20.1. The highest BCUT2D eigenvalue weighted by Crippen LogP contribution is 2.43. The molecule has 0 saturated carbocycles. The average Bonchev–Trinajstić information content (AvgIpc) is 3.68. The number of benzene rings is 4. The van der Waals surface area contributed by atoms with Crippen molar-refractivity contribution in [2.24, 2.45) is 0 Å². The summed E-state index contributed by atoms with van der Waals surface area (Å²) in [6.45, 7) is 4.28. The number of nitrogens with one attached hydrogen (secondary N) is 1. The number of halogens is 2. The van der Waals surface area contributed by atoms with Crippen LogP contribution in [0, 0.1) is 12.7 Å². The molecular formula is C41H42ClFN4O7S. The fraction of sp³-hybridized carbons (Fsp3) is 0.317. The summed E-state index contributed by atoms with van der Waals surface area (Å²) in [6, 6.07) is 19.1. The van der Waals surface area contributed by atoms with Gasteiger partial charge in [-0.3, -0.25) is 5.10 Å². The number of carbonyl (C=O) groups is 1. The van der Waals surface area contributed by atoms with E-state index in [0.29, 0.717) is 81.0 Å². The number of methoxy groups -OCH3 is 2. The van der Waals surface area contributed by atoms with Crippen molar-refractivity contribution in [1.82, 2.24) is 19.1 Å². The maximum absolute atomic E-state index is 14.2. The zero-order valence-corrected chi connectivity index (χ0v) is 32.7. The number of esters is 1. The lowest BCUT2D eigenvalue weighted by Crippen LogP contribution is -2.33. The number of H-pyrrole nitrogens is 1. The predicted octanol–water partition coefficient (Wildman–Crippen LogP) is 8.23. The molecule has 3 heterocycles. The average molecular weight is 789 g/mol. The van der Waals surface area contributed by atoms with E-state index in [2.05, 4.69) is 10.2 Å². The van der Waals surface area contributed by atoms with Crippen LogP contribution in [0.3, 0.4) is 0 Å². The van der Waals surface area contributed by atoms with Crippen molar-refractivity contribution in [3.05, 3.63) is 106 Å². The van der Waals surface area contributed by atoms with Crippen LogP contribution in [0.1, 0.15) is 52.8 Å². The molecule has 0 fully saturated rings. The monoisotopic (exact) mass is 788 g/mol. The second-order valence-electron chi connectivity index (χ2n) is 13.4. The lowest BCUT2D eigenvalue weighted by Gasteiger charge is -2.23. The first-order valence-electron chi connectivity index (χ1n) is 18.1. The van der Waals surface area contributed by atoms with Crippen molar-refractivity contribution >= 4 is 49.3 Å². The van der Waals surface area contributed by atoms with E-state index in [1.807, 2.05) is 35.8 Å². The first kappa shape index (κ1) is 38.2. The number of aryl methyl sites for hydroxylation is 3. The van der Waals surface area contributed by atoms with Gasteiger partial charge in [0.2, 0.25) is 10.0 Å². The van der Waals surface area contributed by atoms with E-state index in [1.54, 1.807) is 44.4 Å². The Morgan fingerprint density at radius 3 is 2.60 bits per heavy atom. The van der Waals surface area contributed by atoms with Crippen molar-refractivity contribution in [3.63, 3.8) is 0 Å². The third-order valence-corrected chi connectivity index (χ3v) is 12.2. The number of aromatic amines is 1. The van der Waals surface area contributed by atoms with Crippen molar-refractivity contribution in [1.29, 1.82) is 0 Å². The molecule has 0 radical (unpaired) electrons. The second-order valence-corrected chi connectivity index (χ2v) is 15.9. The highest BCUT2D eigenvalue weighted by atomic mass is 35.5. The van der Waals surface area contributed by atoms with Crippen LogP contribution >= 0.6 is 11.6 Å². The Labute approximate surface area is 323 Å². The van der Waals surface area contributed by atoms with E-state index in [4.69, 9.17) is 30.5 Å². The molecule has 2 aromatic heterocycles. The van der Waals surface area contributed by atoms with Gasteiger partial charge in [-0.05, 0) is 80.5 Å². The second kappa shape index (κ2) is 15.9. The largest absolute Gasteiger partial charge is 0.497 e. The van der Waals surface area contributed by atoms with Gasteiger partial charge in [0.1, 0.15) is 28.8 Å². The fourth-order valence-electron chi connectivity index (χ4n) is 7.47. The molecule has 1 N–H and O–H groups in total. The zero-order valence-electron chi connectivity index (χ0n) is 31.1. The van der Waals surface area contributed by atoms with Gasteiger partial charge in [0.25, 0.3) is 0 Å². The van der Waals surface area contributed by atoms with E-state index in [9.17, 15) is 17.6 Å². The van der Waals surface area contributed by atoms with Crippen molar-refractivity contribution < 1.29 is 36.6 Å². The van der Waals surface area contributed by atoms with Gasteiger partial charge in [0.15, 0.2) is 0 Å². The van der Waals surface area contributed by atoms with Crippen LogP contribution in [-0.4, -0.2) is 66.6 Å². The number of nitrogens with zero attached hydrogens (tertiary/aromatic N) is 3. The van der Waals surface area contributed by atoms with Gasteiger partial charge in [0, 0.05) is 52.3 Å². The Balaban J connectivity index is 1.30. The first-order chi connectivity index (χ1) is 26.5. The molecule has 0 unspecified atom stereocenters. The van der Waals surface area contributed by atoms with Gasteiger partial charge in [-0.15, -0.1) is 0 Å². The molecule has 55 heavy (non-hydrogen) atoms. The Morgan fingerprint density at radius 2 is 1.82 bits per heavy atom. The van der Waals surface area contributed by atoms with Crippen LogP contribution in [0.4, 0.5) is 4.39 Å². The molecule has 288 valence electrons. The number of aromatic nitrogens is 3. The normalized spacial score (nSPS) is 14.4. The van der Waals surface area contributed by atoms with Gasteiger partial charge in [-0.25, -0.2) is 17.6 Å². The molecule has 0 saturated heterocycles. The maximum Gasteiger partial charge on any atom is 0.355 e. The molecule has 14 heteroatoms. The highest BCUT2D eigenvalue weighted by molar-refractivity contribution is 7.89. The SMILES string of the molecule is CCOC(=O)c1c(CCCOc2cccc3cc(F)ccc23)c2ccc(Cl)c3c2n1CCCS(=O)(=O)N(Cc1ccc(OC)cc1OC)Cc1n[nH]c(C)c1-3. The van der Waals surface area contributed by atoms with Crippen LogP contribution in [-0.2, 0) is 40.8 Å². The molecule has 0 aliphatic carbocycles. The lowest BCUT2D eigenvalue weighted by atomic mass is 9.98. The molecular weight excluding hydrogens is 747 g/mol. The lowest BCUT2D eigenvalue weighted by molar-refractivity contribution is 0.0512. The summed E-state index contributed by atoms with van der Waals surface area (Å²) >= 11 is 7.10. The summed E-state index contributed by atoms with van der Waals surface area (Å²) in [5.74, 6) is 0.693.